The van der Waals surface area contributed by atoms with E-state index >= 15 is 0 Å². The molecule has 2 aliphatic rings. The largest absolute Gasteiger partial charge is 0.378 e. The fourth-order valence-corrected chi connectivity index (χ4v) is 4.36. The van der Waals surface area contributed by atoms with Crippen LogP contribution in [-0.2, 0) is 11.3 Å². The molecule has 2 aliphatic carbocycles. The topological polar surface area (TPSA) is 58.5 Å². The minimum Gasteiger partial charge on any atom is -0.378 e. The van der Waals surface area contributed by atoms with Crippen LogP contribution < -0.4 is 10.6 Å². The maximum absolute atomic E-state index is 5.90. The van der Waals surface area contributed by atoms with Crippen molar-refractivity contribution in [3.8, 4) is 0 Å². The SMILES string of the molecule is CCOC1CC(NC(=NC)NCc2nc(C)cs2)C12CCC2. The zero-order chi connectivity index (χ0) is 15.6. The summed E-state index contributed by atoms with van der Waals surface area (Å²) in [6, 6.07) is 0.488. The Morgan fingerprint density at radius 1 is 1.55 bits per heavy atom. The van der Waals surface area contributed by atoms with Crippen molar-refractivity contribution in [2.24, 2.45) is 10.4 Å². The van der Waals surface area contributed by atoms with Gasteiger partial charge in [-0.2, -0.15) is 0 Å². The molecule has 2 N–H and O–H groups in total. The summed E-state index contributed by atoms with van der Waals surface area (Å²) in [5, 5.41) is 10.1. The third kappa shape index (κ3) is 2.86. The lowest BCUT2D eigenvalue weighted by molar-refractivity contribution is -0.168. The molecule has 6 heteroatoms. The number of nitrogens with one attached hydrogen (secondary N) is 2. The standard InChI is InChI=1S/C16H26N4OS/c1-4-21-13-8-12(16(13)6-5-7-16)20-15(17-3)18-9-14-19-11(2)10-22-14/h10,12-13H,4-9H2,1-3H3,(H2,17,18,20). The zero-order valence-corrected chi connectivity index (χ0v) is 14.5. The second-order valence-corrected chi connectivity index (χ2v) is 7.21. The van der Waals surface area contributed by atoms with Crippen LogP contribution in [0.25, 0.3) is 0 Å². The highest BCUT2D eigenvalue weighted by atomic mass is 32.1. The van der Waals surface area contributed by atoms with E-state index in [1.54, 1.807) is 11.3 Å². The van der Waals surface area contributed by atoms with Crippen molar-refractivity contribution < 1.29 is 4.74 Å². The normalized spacial score (nSPS) is 26.4. The molecule has 1 spiro atoms. The molecule has 2 atom stereocenters. The lowest BCUT2D eigenvalue weighted by Gasteiger charge is -2.61. The summed E-state index contributed by atoms with van der Waals surface area (Å²) in [4.78, 5) is 8.83. The summed E-state index contributed by atoms with van der Waals surface area (Å²) >= 11 is 1.69. The van der Waals surface area contributed by atoms with Gasteiger partial charge in [-0.3, -0.25) is 4.99 Å². The Morgan fingerprint density at radius 3 is 2.91 bits per heavy atom. The number of aromatic nitrogens is 1. The Morgan fingerprint density at radius 2 is 2.36 bits per heavy atom. The summed E-state index contributed by atoms with van der Waals surface area (Å²) in [5.74, 6) is 0.874. The van der Waals surface area contributed by atoms with Crippen LogP contribution in [-0.4, -0.2) is 36.7 Å². The van der Waals surface area contributed by atoms with Crippen molar-refractivity contribution in [3.63, 3.8) is 0 Å². The first-order chi connectivity index (χ1) is 10.7. The van der Waals surface area contributed by atoms with E-state index in [2.05, 4.69) is 32.9 Å². The van der Waals surface area contributed by atoms with Crippen molar-refractivity contribution in [1.29, 1.82) is 0 Å². The van der Waals surface area contributed by atoms with E-state index in [4.69, 9.17) is 4.74 Å². The summed E-state index contributed by atoms with van der Waals surface area (Å²) in [6.45, 7) is 5.65. The first-order valence-corrected chi connectivity index (χ1v) is 9.05. The molecule has 0 bridgehead atoms. The van der Waals surface area contributed by atoms with Crippen LogP contribution in [0.3, 0.4) is 0 Å². The van der Waals surface area contributed by atoms with Crippen LogP contribution >= 0.6 is 11.3 Å². The molecule has 1 aromatic rings. The van der Waals surface area contributed by atoms with E-state index in [0.29, 0.717) is 17.6 Å². The van der Waals surface area contributed by atoms with Crippen molar-refractivity contribution in [1.82, 2.24) is 15.6 Å². The molecule has 2 saturated carbocycles. The number of guanidine groups is 1. The van der Waals surface area contributed by atoms with Gasteiger partial charge in [0.25, 0.3) is 0 Å². The fraction of sp³-hybridized carbons (Fsp3) is 0.750. The summed E-state index contributed by atoms with van der Waals surface area (Å²) < 4.78 is 5.90. The van der Waals surface area contributed by atoms with E-state index in [1.807, 2.05) is 14.0 Å². The molecule has 0 saturated heterocycles. The van der Waals surface area contributed by atoms with Crippen molar-refractivity contribution in [2.45, 2.75) is 58.2 Å². The quantitative estimate of drug-likeness (QED) is 0.646. The molecule has 1 heterocycles. The predicted octanol–water partition coefficient (Wildman–Crippen LogP) is 2.46. The van der Waals surface area contributed by atoms with Gasteiger partial charge in [0, 0.05) is 36.2 Å². The molecule has 2 fully saturated rings. The van der Waals surface area contributed by atoms with Gasteiger partial charge in [-0.1, -0.05) is 6.42 Å². The highest BCUT2D eigenvalue weighted by molar-refractivity contribution is 7.09. The summed E-state index contributed by atoms with van der Waals surface area (Å²) in [5.41, 5.74) is 1.43. The van der Waals surface area contributed by atoms with Gasteiger partial charge in [-0.15, -0.1) is 11.3 Å². The van der Waals surface area contributed by atoms with Gasteiger partial charge < -0.3 is 15.4 Å². The van der Waals surface area contributed by atoms with E-state index in [9.17, 15) is 0 Å². The van der Waals surface area contributed by atoms with E-state index in [-0.39, 0.29) is 0 Å². The van der Waals surface area contributed by atoms with Gasteiger partial charge in [0.1, 0.15) is 5.01 Å². The average Bonchev–Trinajstić information content (AvgIpc) is 2.85. The molecule has 0 radical (unpaired) electrons. The second-order valence-electron chi connectivity index (χ2n) is 6.27. The Labute approximate surface area is 136 Å². The van der Waals surface area contributed by atoms with Crippen molar-refractivity contribution in [3.05, 3.63) is 16.1 Å². The molecular formula is C16H26N4OS. The average molecular weight is 322 g/mol. The summed E-state index contributed by atoms with van der Waals surface area (Å²) in [6.07, 6.45) is 5.40. The van der Waals surface area contributed by atoms with Crippen LogP contribution in [0, 0.1) is 12.3 Å². The van der Waals surface area contributed by atoms with E-state index in [1.165, 1.54) is 19.3 Å². The molecule has 0 aliphatic heterocycles. The number of rotatable bonds is 5. The predicted molar refractivity (Wildman–Crippen MR) is 90.3 cm³/mol. The number of ether oxygens (including phenoxy) is 1. The smallest absolute Gasteiger partial charge is 0.191 e. The van der Waals surface area contributed by atoms with Crippen LogP contribution in [0.15, 0.2) is 10.4 Å². The maximum Gasteiger partial charge on any atom is 0.191 e. The van der Waals surface area contributed by atoms with Crippen molar-refractivity contribution in [2.75, 3.05) is 13.7 Å². The van der Waals surface area contributed by atoms with E-state index < -0.39 is 0 Å². The molecule has 3 rings (SSSR count). The van der Waals surface area contributed by atoms with Gasteiger partial charge in [0.2, 0.25) is 0 Å². The summed E-state index contributed by atoms with van der Waals surface area (Å²) in [7, 11) is 1.83. The Hall–Kier alpha value is -1.14. The van der Waals surface area contributed by atoms with Crippen LogP contribution in [0.2, 0.25) is 0 Å². The number of nitrogens with zero attached hydrogens (tertiary/aromatic N) is 2. The molecule has 2 unspecified atom stereocenters. The number of aryl methyl sites for hydroxylation is 1. The highest BCUT2D eigenvalue weighted by Gasteiger charge is 2.59. The number of hydrogen-bond acceptors (Lipinski definition) is 4. The minimum atomic E-state index is 0.353. The number of aliphatic imine (C=N–C) groups is 1. The molecule has 122 valence electrons. The van der Waals surface area contributed by atoms with Crippen LogP contribution in [0.4, 0.5) is 0 Å². The highest BCUT2D eigenvalue weighted by Crippen LogP contribution is 2.57. The molecular weight excluding hydrogens is 296 g/mol. The molecule has 5 nitrogen and oxygen atoms in total. The Kier molecular flexibility index (Phi) is 4.68. The Bertz CT molecular complexity index is 538. The molecule has 0 aromatic carbocycles. The maximum atomic E-state index is 5.90. The first-order valence-electron chi connectivity index (χ1n) is 8.17. The minimum absolute atomic E-state index is 0.353. The van der Waals surface area contributed by atoms with E-state index in [0.717, 1.165) is 36.2 Å². The monoisotopic (exact) mass is 322 g/mol. The number of thiazole rings is 1. The fourth-order valence-electron chi connectivity index (χ4n) is 3.64. The number of hydrogen-bond donors (Lipinski definition) is 2. The molecule has 22 heavy (non-hydrogen) atoms. The van der Waals surface area contributed by atoms with Gasteiger partial charge in [0.15, 0.2) is 5.96 Å². The van der Waals surface area contributed by atoms with Gasteiger partial charge >= 0.3 is 0 Å². The van der Waals surface area contributed by atoms with Crippen molar-refractivity contribution >= 4 is 17.3 Å². The zero-order valence-electron chi connectivity index (χ0n) is 13.7. The molecule has 0 amide bonds. The van der Waals surface area contributed by atoms with Crippen LogP contribution in [0.5, 0.6) is 0 Å². The lowest BCUT2D eigenvalue weighted by Crippen LogP contribution is -2.68. The van der Waals surface area contributed by atoms with Crippen LogP contribution in [0.1, 0.15) is 43.3 Å². The third-order valence-corrected chi connectivity index (χ3v) is 6.01. The molecule has 1 aromatic heterocycles. The van der Waals surface area contributed by atoms with Gasteiger partial charge in [0.05, 0.1) is 12.6 Å². The first kappa shape index (κ1) is 15.7. The van der Waals surface area contributed by atoms with Gasteiger partial charge in [-0.05, 0) is 33.1 Å². The van der Waals surface area contributed by atoms with Gasteiger partial charge in [-0.25, -0.2) is 4.98 Å². The lowest BCUT2D eigenvalue weighted by atomic mass is 9.51. The second kappa shape index (κ2) is 6.54. The Balaban J connectivity index is 1.53. The third-order valence-electron chi connectivity index (χ3n) is 5.05.